The Hall–Kier alpha value is -1.59. The van der Waals surface area contributed by atoms with E-state index >= 15 is 0 Å². The number of ether oxygens (including phenoxy) is 1. The molecule has 1 saturated heterocycles. The van der Waals surface area contributed by atoms with Crippen molar-refractivity contribution in [3.05, 3.63) is 35.4 Å². The zero-order chi connectivity index (χ0) is 12.8. The molecule has 5 nitrogen and oxygen atoms in total. The molecule has 98 valence electrons. The van der Waals surface area contributed by atoms with Crippen molar-refractivity contribution in [2.24, 2.45) is 16.5 Å². The number of morpholine rings is 1. The van der Waals surface area contributed by atoms with E-state index in [1.54, 1.807) is 0 Å². The Morgan fingerprint density at radius 3 is 2.50 bits per heavy atom. The molecule has 4 N–H and O–H groups in total. The van der Waals surface area contributed by atoms with Gasteiger partial charge in [0.05, 0.1) is 19.8 Å². The Morgan fingerprint density at radius 2 is 1.83 bits per heavy atom. The highest BCUT2D eigenvalue weighted by molar-refractivity contribution is 5.75. The summed E-state index contributed by atoms with van der Waals surface area (Å²) in [6.45, 7) is 5.07. The van der Waals surface area contributed by atoms with Gasteiger partial charge in [0, 0.05) is 19.6 Å². The van der Waals surface area contributed by atoms with E-state index in [-0.39, 0.29) is 5.96 Å². The third kappa shape index (κ3) is 3.72. The molecule has 18 heavy (non-hydrogen) atoms. The lowest BCUT2D eigenvalue weighted by Crippen LogP contribution is -2.35. The predicted octanol–water partition coefficient (Wildman–Crippen LogP) is 0.292. The number of hydrogen-bond acceptors (Lipinski definition) is 3. The fourth-order valence-corrected chi connectivity index (χ4v) is 2.04. The van der Waals surface area contributed by atoms with Gasteiger partial charge in [-0.25, -0.2) is 4.99 Å². The van der Waals surface area contributed by atoms with Crippen molar-refractivity contribution >= 4 is 5.96 Å². The third-order valence-corrected chi connectivity index (χ3v) is 3.05. The van der Waals surface area contributed by atoms with Gasteiger partial charge in [0.1, 0.15) is 0 Å². The molecule has 0 amide bonds. The zero-order valence-electron chi connectivity index (χ0n) is 10.5. The van der Waals surface area contributed by atoms with Crippen LogP contribution in [0.25, 0.3) is 0 Å². The standard InChI is InChI=1S/C13H20N4O/c14-13(15)16-9-11-3-1-2-4-12(11)10-17-5-7-18-8-6-17/h1-4H,5-10H2,(H4,14,15,16). The van der Waals surface area contributed by atoms with Crippen LogP contribution in [0.15, 0.2) is 29.3 Å². The molecule has 1 fully saturated rings. The van der Waals surface area contributed by atoms with Gasteiger partial charge in [0.15, 0.2) is 5.96 Å². The smallest absolute Gasteiger partial charge is 0.186 e. The first-order valence-corrected chi connectivity index (χ1v) is 6.18. The Labute approximate surface area is 107 Å². The van der Waals surface area contributed by atoms with Crippen molar-refractivity contribution in [2.45, 2.75) is 13.1 Å². The summed E-state index contributed by atoms with van der Waals surface area (Å²) in [6, 6.07) is 8.27. The number of aliphatic imine (C=N–C) groups is 1. The third-order valence-electron chi connectivity index (χ3n) is 3.05. The highest BCUT2D eigenvalue weighted by Crippen LogP contribution is 2.13. The Kier molecular flexibility index (Phi) is 4.55. The first-order valence-electron chi connectivity index (χ1n) is 6.18. The molecule has 1 aliphatic rings. The minimum absolute atomic E-state index is 0.135. The minimum Gasteiger partial charge on any atom is -0.379 e. The second-order valence-corrected chi connectivity index (χ2v) is 4.40. The van der Waals surface area contributed by atoms with E-state index in [9.17, 15) is 0 Å². The van der Waals surface area contributed by atoms with Crippen LogP contribution >= 0.6 is 0 Å². The second kappa shape index (κ2) is 6.37. The van der Waals surface area contributed by atoms with Crippen molar-refractivity contribution in [2.75, 3.05) is 26.3 Å². The first-order chi connectivity index (χ1) is 8.75. The van der Waals surface area contributed by atoms with Crippen molar-refractivity contribution in [3.8, 4) is 0 Å². The molecule has 0 aliphatic carbocycles. The first kappa shape index (κ1) is 12.9. The maximum Gasteiger partial charge on any atom is 0.186 e. The average molecular weight is 248 g/mol. The highest BCUT2D eigenvalue weighted by Gasteiger charge is 2.12. The van der Waals surface area contributed by atoms with Gasteiger partial charge < -0.3 is 16.2 Å². The number of benzene rings is 1. The van der Waals surface area contributed by atoms with Crippen LogP contribution in [0.3, 0.4) is 0 Å². The van der Waals surface area contributed by atoms with E-state index in [1.807, 2.05) is 6.07 Å². The van der Waals surface area contributed by atoms with Crippen LogP contribution in [0.4, 0.5) is 0 Å². The molecule has 0 atom stereocenters. The number of nitrogens with two attached hydrogens (primary N) is 2. The SMILES string of the molecule is NC(N)=NCc1ccccc1CN1CCOCC1. The lowest BCUT2D eigenvalue weighted by molar-refractivity contribution is 0.0341. The molecular formula is C13H20N4O. The van der Waals surface area contributed by atoms with Crippen LogP contribution in [0, 0.1) is 0 Å². The summed E-state index contributed by atoms with van der Waals surface area (Å²) in [5.74, 6) is 0.135. The van der Waals surface area contributed by atoms with Crippen molar-refractivity contribution < 1.29 is 4.74 Å². The summed E-state index contributed by atoms with van der Waals surface area (Å²) in [5, 5.41) is 0. The maximum atomic E-state index is 5.38. The molecule has 1 aromatic rings. The number of guanidine groups is 1. The molecular weight excluding hydrogens is 228 g/mol. The molecule has 0 unspecified atom stereocenters. The maximum absolute atomic E-state index is 5.38. The van der Waals surface area contributed by atoms with Gasteiger partial charge in [-0.15, -0.1) is 0 Å². The van der Waals surface area contributed by atoms with E-state index < -0.39 is 0 Å². The summed E-state index contributed by atoms with van der Waals surface area (Å²) < 4.78 is 5.35. The van der Waals surface area contributed by atoms with Gasteiger partial charge in [0.25, 0.3) is 0 Å². The zero-order valence-corrected chi connectivity index (χ0v) is 10.5. The van der Waals surface area contributed by atoms with E-state index in [0.29, 0.717) is 6.54 Å². The molecule has 1 aliphatic heterocycles. The number of rotatable bonds is 4. The van der Waals surface area contributed by atoms with E-state index in [2.05, 4.69) is 28.1 Å². The average Bonchev–Trinajstić information content (AvgIpc) is 2.39. The van der Waals surface area contributed by atoms with Crippen molar-refractivity contribution in [1.29, 1.82) is 0 Å². The Bertz CT molecular complexity index is 409. The van der Waals surface area contributed by atoms with Gasteiger partial charge in [-0.2, -0.15) is 0 Å². The Morgan fingerprint density at radius 1 is 1.17 bits per heavy atom. The molecule has 0 spiro atoms. The van der Waals surface area contributed by atoms with Gasteiger partial charge in [-0.1, -0.05) is 24.3 Å². The van der Waals surface area contributed by atoms with Gasteiger partial charge in [-0.3, -0.25) is 4.90 Å². The van der Waals surface area contributed by atoms with E-state index in [1.165, 1.54) is 11.1 Å². The summed E-state index contributed by atoms with van der Waals surface area (Å²) in [5.41, 5.74) is 13.2. The van der Waals surface area contributed by atoms with Crippen LogP contribution in [0.5, 0.6) is 0 Å². The van der Waals surface area contributed by atoms with Crippen molar-refractivity contribution in [1.82, 2.24) is 4.90 Å². The van der Waals surface area contributed by atoms with Crippen LogP contribution in [-0.2, 0) is 17.8 Å². The Balaban J connectivity index is 2.04. The fourth-order valence-electron chi connectivity index (χ4n) is 2.04. The summed E-state index contributed by atoms with van der Waals surface area (Å²) in [7, 11) is 0. The van der Waals surface area contributed by atoms with E-state index in [0.717, 1.165) is 32.8 Å². The van der Waals surface area contributed by atoms with E-state index in [4.69, 9.17) is 16.2 Å². The molecule has 2 rings (SSSR count). The second-order valence-electron chi connectivity index (χ2n) is 4.40. The van der Waals surface area contributed by atoms with Gasteiger partial charge in [0.2, 0.25) is 0 Å². The topological polar surface area (TPSA) is 76.9 Å². The number of hydrogen-bond donors (Lipinski definition) is 2. The lowest BCUT2D eigenvalue weighted by atomic mass is 10.1. The summed E-state index contributed by atoms with van der Waals surface area (Å²) >= 11 is 0. The molecule has 5 heteroatoms. The highest BCUT2D eigenvalue weighted by atomic mass is 16.5. The lowest BCUT2D eigenvalue weighted by Gasteiger charge is -2.27. The van der Waals surface area contributed by atoms with Crippen LogP contribution < -0.4 is 11.5 Å². The van der Waals surface area contributed by atoms with Crippen LogP contribution in [-0.4, -0.2) is 37.2 Å². The predicted molar refractivity (Wildman–Crippen MR) is 72.1 cm³/mol. The van der Waals surface area contributed by atoms with Crippen LogP contribution in [0.2, 0.25) is 0 Å². The molecule has 0 bridgehead atoms. The van der Waals surface area contributed by atoms with Crippen LogP contribution in [0.1, 0.15) is 11.1 Å². The summed E-state index contributed by atoms with van der Waals surface area (Å²) in [6.07, 6.45) is 0. The molecule has 0 radical (unpaired) electrons. The quantitative estimate of drug-likeness (QED) is 0.593. The number of nitrogens with zero attached hydrogens (tertiary/aromatic N) is 2. The largest absolute Gasteiger partial charge is 0.379 e. The molecule has 1 heterocycles. The minimum atomic E-state index is 0.135. The molecule has 0 aromatic heterocycles. The molecule has 1 aromatic carbocycles. The fraction of sp³-hybridized carbons (Fsp3) is 0.462. The van der Waals surface area contributed by atoms with Gasteiger partial charge in [-0.05, 0) is 11.1 Å². The van der Waals surface area contributed by atoms with Crippen molar-refractivity contribution in [3.63, 3.8) is 0 Å². The molecule has 0 saturated carbocycles. The normalized spacial score (nSPS) is 16.4. The summed E-state index contributed by atoms with van der Waals surface area (Å²) in [4.78, 5) is 6.46. The van der Waals surface area contributed by atoms with Gasteiger partial charge >= 0.3 is 0 Å². The monoisotopic (exact) mass is 248 g/mol.